The number of aromatic amines is 1. The second-order valence-corrected chi connectivity index (χ2v) is 8.72. The van der Waals surface area contributed by atoms with Crippen LogP contribution in [-0.2, 0) is 30.3 Å². The van der Waals surface area contributed by atoms with E-state index in [4.69, 9.17) is 9.47 Å². The van der Waals surface area contributed by atoms with Crippen molar-refractivity contribution < 1.29 is 29.0 Å². The molecular formula is C22H20N2O6. The number of nitrogens with one attached hydrogen (secondary N) is 1. The van der Waals surface area contributed by atoms with E-state index < -0.39 is 47.1 Å². The molecule has 8 nitrogen and oxygen atoms in total. The Morgan fingerprint density at radius 1 is 1.30 bits per heavy atom. The molecule has 8 heteroatoms. The third-order valence-corrected chi connectivity index (χ3v) is 7.33. The molecule has 2 fully saturated rings. The summed E-state index contributed by atoms with van der Waals surface area (Å²) in [5.41, 5.74) is 0.430. The van der Waals surface area contributed by atoms with E-state index in [1.807, 2.05) is 30.3 Å². The number of methoxy groups -OCH3 is 1. The number of aliphatic carboxylic acids is 1. The van der Waals surface area contributed by atoms with Crippen LogP contribution in [0.25, 0.3) is 10.9 Å². The van der Waals surface area contributed by atoms with Gasteiger partial charge in [-0.2, -0.15) is 0 Å². The zero-order chi connectivity index (χ0) is 21.0. The van der Waals surface area contributed by atoms with Gasteiger partial charge in [0.05, 0.1) is 18.6 Å². The Balaban J connectivity index is 1.63. The molecule has 6 atom stereocenters. The molecule has 2 bridgehead atoms. The number of rotatable bonds is 2. The molecule has 30 heavy (non-hydrogen) atoms. The van der Waals surface area contributed by atoms with Crippen molar-refractivity contribution in [2.45, 2.75) is 36.6 Å². The molecular weight excluding hydrogens is 388 g/mol. The van der Waals surface area contributed by atoms with Gasteiger partial charge in [-0.05, 0) is 18.6 Å². The first kappa shape index (κ1) is 17.7. The zero-order valence-electron chi connectivity index (χ0n) is 16.4. The molecule has 0 unspecified atom stereocenters. The molecule has 1 amide bonds. The van der Waals surface area contributed by atoms with Crippen molar-refractivity contribution >= 4 is 28.7 Å². The Kier molecular flexibility index (Phi) is 3.14. The number of aromatic nitrogens is 1. The van der Waals surface area contributed by atoms with E-state index in [9.17, 15) is 19.5 Å². The summed E-state index contributed by atoms with van der Waals surface area (Å²) in [5.74, 6) is -3.89. The van der Waals surface area contributed by atoms with Crippen LogP contribution in [0.15, 0.2) is 36.4 Å². The van der Waals surface area contributed by atoms with Gasteiger partial charge < -0.3 is 24.5 Å². The fourth-order valence-corrected chi connectivity index (χ4v) is 6.21. The van der Waals surface area contributed by atoms with E-state index in [-0.39, 0.29) is 5.91 Å². The van der Waals surface area contributed by atoms with Crippen molar-refractivity contribution in [1.29, 1.82) is 0 Å². The monoisotopic (exact) mass is 408 g/mol. The number of amides is 1. The number of carbonyl (C=O) groups excluding carboxylic acids is 2. The highest BCUT2D eigenvalue weighted by Crippen LogP contribution is 2.65. The summed E-state index contributed by atoms with van der Waals surface area (Å²) in [5, 5.41) is 10.9. The van der Waals surface area contributed by atoms with E-state index in [1.165, 1.54) is 12.0 Å². The van der Waals surface area contributed by atoms with Gasteiger partial charge in [0.15, 0.2) is 0 Å². The quantitative estimate of drug-likeness (QED) is 0.577. The van der Waals surface area contributed by atoms with Gasteiger partial charge >= 0.3 is 11.9 Å². The number of H-pyrrole nitrogens is 1. The number of carbonyl (C=O) groups is 3. The molecule has 4 aliphatic heterocycles. The normalized spacial score (nSPS) is 37.9. The van der Waals surface area contributed by atoms with Gasteiger partial charge in [-0.15, -0.1) is 0 Å². The van der Waals surface area contributed by atoms with E-state index in [0.717, 1.165) is 22.2 Å². The fourth-order valence-electron chi connectivity index (χ4n) is 6.21. The molecule has 2 aromatic rings. The number of para-hydroxylation sites is 1. The van der Waals surface area contributed by atoms with Crippen LogP contribution in [0.5, 0.6) is 0 Å². The van der Waals surface area contributed by atoms with Gasteiger partial charge in [-0.1, -0.05) is 30.4 Å². The van der Waals surface area contributed by atoms with Crippen molar-refractivity contribution in [2.75, 3.05) is 7.11 Å². The Bertz CT molecular complexity index is 1180. The largest absolute Gasteiger partial charge is 0.481 e. The Hall–Kier alpha value is -3.13. The van der Waals surface area contributed by atoms with Gasteiger partial charge in [0.25, 0.3) is 0 Å². The third kappa shape index (κ3) is 1.79. The Morgan fingerprint density at radius 2 is 2.07 bits per heavy atom. The van der Waals surface area contributed by atoms with Crippen LogP contribution in [0.3, 0.4) is 0 Å². The standard InChI is InChI=1S/C22H20N2O6/c1-21-7-8-22(30-21)14(15(21)19(26)27)18(25)24-13(20(28)29-2)9-11-10-5-3-4-6-12(10)23-16(11)17(22)24/h3-8,13-15,17,23H,9H2,1-2H3,(H,26,27)/t13-,14-,15+,17-,21+,22-/m0/s1. The molecule has 0 saturated carbocycles. The lowest BCUT2D eigenvalue weighted by atomic mass is 9.70. The predicted molar refractivity (Wildman–Crippen MR) is 103 cm³/mol. The highest BCUT2D eigenvalue weighted by atomic mass is 16.5. The number of carboxylic acid groups (broad SMARTS) is 1. The Morgan fingerprint density at radius 3 is 2.80 bits per heavy atom. The molecule has 1 aromatic carbocycles. The molecule has 154 valence electrons. The molecule has 0 radical (unpaired) electrons. The topological polar surface area (TPSA) is 109 Å². The molecule has 6 rings (SSSR count). The molecule has 2 N–H and O–H groups in total. The minimum atomic E-state index is -1.14. The fraction of sp³-hybridized carbons (Fsp3) is 0.409. The number of ether oxygens (including phenoxy) is 2. The zero-order valence-corrected chi connectivity index (χ0v) is 16.4. The summed E-state index contributed by atoms with van der Waals surface area (Å²) in [7, 11) is 1.30. The summed E-state index contributed by atoms with van der Waals surface area (Å²) < 4.78 is 11.4. The minimum absolute atomic E-state index is 0.301. The smallest absolute Gasteiger partial charge is 0.328 e. The predicted octanol–water partition coefficient (Wildman–Crippen LogP) is 1.56. The first-order valence-corrected chi connectivity index (χ1v) is 9.95. The average molecular weight is 408 g/mol. The second kappa shape index (κ2) is 5.31. The van der Waals surface area contributed by atoms with E-state index in [0.29, 0.717) is 6.42 Å². The van der Waals surface area contributed by atoms with E-state index in [2.05, 4.69) is 4.98 Å². The number of fused-ring (bicyclic) bond motifs is 6. The van der Waals surface area contributed by atoms with E-state index in [1.54, 1.807) is 13.0 Å². The lowest BCUT2D eigenvalue weighted by molar-refractivity contribution is -0.159. The van der Waals surface area contributed by atoms with Crippen molar-refractivity contribution in [3.05, 3.63) is 47.7 Å². The summed E-state index contributed by atoms with van der Waals surface area (Å²) in [6, 6.07) is 6.30. The molecule has 4 aliphatic rings. The molecule has 2 saturated heterocycles. The lowest BCUT2D eigenvalue weighted by Crippen LogP contribution is -2.52. The van der Waals surface area contributed by atoms with Crippen molar-refractivity contribution in [2.24, 2.45) is 11.8 Å². The highest BCUT2D eigenvalue weighted by molar-refractivity contribution is 5.97. The number of benzene rings is 1. The third-order valence-electron chi connectivity index (χ3n) is 7.33. The Labute approximate surface area is 171 Å². The van der Waals surface area contributed by atoms with Crippen molar-refractivity contribution in [1.82, 2.24) is 9.88 Å². The average Bonchev–Trinajstić information content (AvgIpc) is 3.41. The maximum atomic E-state index is 13.6. The molecule has 1 aromatic heterocycles. The van der Waals surface area contributed by atoms with Crippen LogP contribution in [0.2, 0.25) is 0 Å². The van der Waals surface area contributed by atoms with Crippen LogP contribution >= 0.6 is 0 Å². The second-order valence-electron chi connectivity index (χ2n) is 8.72. The maximum Gasteiger partial charge on any atom is 0.328 e. The summed E-state index contributed by atoms with van der Waals surface area (Å²) in [6.45, 7) is 1.71. The van der Waals surface area contributed by atoms with Crippen LogP contribution in [0.4, 0.5) is 0 Å². The van der Waals surface area contributed by atoms with Gasteiger partial charge in [0.1, 0.15) is 23.6 Å². The van der Waals surface area contributed by atoms with Gasteiger partial charge in [0.2, 0.25) is 5.91 Å². The van der Waals surface area contributed by atoms with Gasteiger partial charge in [-0.3, -0.25) is 9.59 Å². The number of carboxylic acids is 1. The first-order valence-electron chi connectivity index (χ1n) is 9.95. The van der Waals surface area contributed by atoms with Crippen molar-refractivity contribution in [3.63, 3.8) is 0 Å². The molecule has 5 heterocycles. The summed E-state index contributed by atoms with van der Waals surface area (Å²) in [6.07, 6.45) is 3.88. The summed E-state index contributed by atoms with van der Waals surface area (Å²) in [4.78, 5) is 43.5. The van der Waals surface area contributed by atoms with Gasteiger partial charge in [-0.25, -0.2) is 4.79 Å². The SMILES string of the molecule is COC(=O)[C@@H]1Cc2c([nH]c3ccccc23)[C@@H]2N1C(=O)[C@@H]1[C@H](C(=O)O)[C@@]3(C)C=C[C@]12O3. The van der Waals surface area contributed by atoms with E-state index >= 15 is 0 Å². The number of esters is 1. The van der Waals surface area contributed by atoms with Crippen LogP contribution < -0.4 is 0 Å². The van der Waals surface area contributed by atoms with Crippen LogP contribution in [-0.4, -0.2) is 57.2 Å². The lowest BCUT2D eigenvalue weighted by Gasteiger charge is -2.40. The minimum Gasteiger partial charge on any atom is -0.481 e. The highest BCUT2D eigenvalue weighted by Gasteiger charge is 2.77. The summed E-state index contributed by atoms with van der Waals surface area (Å²) >= 11 is 0. The first-order chi connectivity index (χ1) is 14.3. The molecule has 0 aliphatic carbocycles. The number of hydrogen-bond acceptors (Lipinski definition) is 5. The maximum absolute atomic E-state index is 13.6. The van der Waals surface area contributed by atoms with Crippen LogP contribution in [0, 0.1) is 11.8 Å². The number of hydrogen-bond donors (Lipinski definition) is 2. The number of nitrogens with zero attached hydrogens (tertiary/aromatic N) is 1. The van der Waals surface area contributed by atoms with Gasteiger partial charge in [0, 0.05) is 23.0 Å². The molecule has 1 spiro atoms. The van der Waals surface area contributed by atoms with Crippen molar-refractivity contribution in [3.8, 4) is 0 Å². The van der Waals surface area contributed by atoms with Crippen LogP contribution in [0.1, 0.15) is 24.2 Å².